The molecule has 1 fully saturated rings. The van der Waals surface area contributed by atoms with Gasteiger partial charge in [0.25, 0.3) is 5.91 Å². The number of aliphatic carboxylic acids is 1. The summed E-state index contributed by atoms with van der Waals surface area (Å²) < 4.78 is 13.3. The van der Waals surface area contributed by atoms with E-state index in [9.17, 15) is 14.7 Å². The maximum Gasteiger partial charge on any atom is 0.348 e. The summed E-state index contributed by atoms with van der Waals surface area (Å²) in [6.07, 6.45) is 3.35. The molecule has 1 aromatic heterocycles. The fourth-order valence-corrected chi connectivity index (χ4v) is 3.34. The van der Waals surface area contributed by atoms with E-state index in [0.29, 0.717) is 31.0 Å². The molecule has 4 rings (SSSR count). The number of ether oxygens (including phenoxy) is 2. The number of hydrogen-bond donors (Lipinski definition) is 2. The molecule has 8 heteroatoms. The minimum Gasteiger partial charge on any atom is -0.489 e. The Kier molecular flexibility index (Phi) is 5.62. The molecule has 2 aromatic carbocycles. The second kappa shape index (κ2) is 8.51. The Hall–Kier alpha value is -3.81. The van der Waals surface area contributed by atoms with Gasteiger partial charge < -0.3 is 19.9 Å². The van der Waals surface area contributed by atoms with Crippen LogP contribution < -0.4 is 14.8 Å². The quantitative estimate of drug-likeness (QED) is 0.576. The van der Waals surface area contributed by atoms with Gasteiger partial charge in [-0.05, 0) is 37.0 Å². The summed E-state index contributed by atoms with van der Waals surface area (Å²) in [5.74, 6) is -0.307. The van der Waals surface area contributed by atoms with Gasteiger partial charge in [0, 0.05) is 30.9 Å². The van der Waals surface area contributed by atoms with Crippen LogP contribution in [0.2, 0.25) is 0 Å². The van der Waals surface area contributed by atoms with Crippen molar-refractivity contribution in [1.29, 1.82) is 0 Å². The van der Waals surface area contributed by atoms with Crippen molar-refractivity contribution in [3.05, 3.63) is 71.9 Å². The molecular formula is C23H23N3O5. The fourth-order valence-electron chi connectivity index (χ4n) is 3.34. The molecule has 0 aliphatic heterocycles. The minimum absolute atomic E-state index is 0.277. The molecule has 1 heterocycles. The fraction of sp³-hybridized carbons (Fsp3) is 0.261. The summed E-state index contributed by atoms with van der Waals surface area (Å²) in [4.78, 5) is 24.5. The Morgan fingerprint density at radius 3 is 2.48 bits per heavy atom. The van der Waals surface area contributed by atoms with E-state index in [1.807, 2.05) is 30.3 Å². The van der Waals surface area contributed by atoms with Gasteiger partial charge in [0.15, 0.2) is 5.82 Å². The van der Waals surface area contributed by atoms with Crippen LogP contribution in [0.1, 0.15) is 35.2 Å². The number of hydrogen-bond acceptors (Lipinski definition) is 5. The summed E-state index contributed by atoms with van der Waals surface area (Å²) in [5.41, 5.74) is -0.00680. The average molecular weight is 421 g/mol. The van der Waals surface area contributed by atoms with Crippen molar-refractivity contribution < 1.29 is 24.2 Å². The standard InChI is InChI=1S/C23H23N3O5/c1-26-11-8-20(25-26)24-21(27)17-12-18(30-15-16-6-3-2-4-7-16)14-19(13-17)31-23(22(28)29)9-5-10-23/h2-4,6-8,11-14H,5,9-10,15H2,1H3,(H,28,29)(H,24,25,27). The first kappa shape index (κ1) is 20.5. The second-order valence-electron chi connectivity index (χ2n) is 7.55. The number of carbonyl (C=O) groups is 2. The molecule has 1 amide bonds. The summed E-state index contributed by atoms with van der Waals surface area (Å²) in [7, 11) is 1.75. The van der Waals surface area contributed by atoms with Gasteiger partial charge >= 0.3 is 5.97 Å². The molecule has 2 N–H and O–H groups in total. The first-order valence-corrected chi connectivity index (χ1v) is 9.99. The smallest absolute Gasteiger partial charge is 0.348 e. The van der Waals surface area contributed by atoms with Crippen LogP contribution in [-0.2, 0) is 18.4 Å². The van der Waals surface area contributed by atoms with Crippen LogP contribution in [-0.4, -0.2) is 32.4 Å². The van der Waals surface area contributed by atoms with E-state index in [1.54, 1.807) is 36.1 Å². The molecule has 0 unspecified atom stereocenters. The number of nitrogens with zero attached hydrogens (tertiary/aromatic N) is 2. The van der Waals surface area contributed by atoms with Crippen LogP contribution in [0.25, 0.3) is 0 Å². The maximum atomic E-state index is 12.8. The summed E-state index contributed by atoms with van der Waals surface area (Å²) in [6.45, 7) is 0.301. The summed E-state index contributed by atoms with van der Waals surface area (Å²) in [5, 5.41) is 16.5. The number of rotatable bonds is 8. The molecule has 1 saturated carbocycles. The van der Waals surface area contributed by atoms with E-state index in [0.717, 1.165) is 12.0 Å². The topological polar surface area (TPSA) is 103 Å². The molecule has 1 aliphatic carbocycles. The van der Waals surface area contributed by atoms with Gasteiger partial charge in [-0.2, -0.15) is 5.10 Å². The number of carboxylic acids is 1. The van der Waals surface area contributed by atoms with Gasteiger partial charge in [0.05, 0.1) is 0 Å². The number of aromatic nitrogens is 2. The van der Waals surface area contributed by atoms with Crippen molar-refractivity contribution in [3.63, 3.8) is 0 Å². The van der Waals surface area contributed by atoms with Crippen LogP contribution in [0, 0.1) is 0 Å². The van der Waals surface area contributed by atoms with Crippen LogP contribution in [0.3, 0.4) is 0 Å². The highest BCUT2D eigenvalue weighted by atomic mass is 16.5. The number of benzene rings is 2. The normalized spacial score (nSPS) is 14.4. The third-order valence-corrected chi connectivity index (χ3v) is 5.21. The van der Waals surface area contributed by atoms with Gasteiger partial charge in [-0.1, -0.05) is 30.3 Å². The molecule has 0 spiro atoms. The van der Waals surface area contributed by atoms with E-state index in [2.05, 4.69) is 10.4 Å². The predicted octanol–water partition coefficient (Wildman–Crippen LogP) is 3.64. The van der Waals surface area contributed by atoms with Crippen LogP contribution >= 0.6 is 0 Å². The van der Waals surface area contributed by atoms with Crippen molar-refractivity contribution in [2.75, 3.05) is 5.32 Å². The molecule has 8 nitrogen and oxygen atoms in total. The summed E-state index contributed by atoms with van der Waals surface area (Å²) in [6, 6.07) is 16.0. The van der Waals surface area contributed by atoms with Gasteiger partial charge in [-0.15, -0.1) is 0 Å². The van der Waals surface area contributed by atoms with Gasteiger partial charge in [0.1, 0.15) is 18.1 Å². The Morgan fingerprint density at radius 2 is 1.87 bits per heavy atom. The monoisotopic (exact) mass is 421 g/mol. The van der Waals surface area contributed by atoms with Gasteiger partial charge in [-0.25, -0.2) is 4.79 Å². The number of amides is 1. The lowest BCUT2D eigenvalue weighted by Gasteiger charge is -2.37. The van der Waals surface area contributed by atoms with Gasteiger partial charge in [0.2, 0.25) is 5.60 Å². The average Bonchev–Trinajstić information content (AvgIpc) is 3.14. The number of nitrogens with one attached hydrogen (secondary N) is 1. The molecule has 0 saturated heterocycles. The Bertz CT molecular complexity index is 1090. The largest absolute Gasteiger partial charge is 0.489 e. The zero-order valence-corrected chi connectivity index (χ0v) is 17.1. The second-order valence-corrected chi connectivity index (χ2v) is 7.55. The van der Waals surface area contributed by atoms with E-state index >= 15 is 0 Å². The molecule has 160 valence electrons. The van der Waals surface area contributed by atoms with Crippen molar-refractivity contribution in [3.8, 4) is 11.5 Å². The number of carbonyl (C=O) groups excluding carboxylic acids is 1. The molecular weight excluding hydrogens is 398 g/mol. The molecule has 0 bridgehead atoms. The summed E-state index contributed by atoms with van der Waals surface area (Å²) >= 11 is 0. The Balaban J connectivity index is 1.59. The molecule has 31 heavy (non-hydrogen) atoms. The van der Waals surface area contributed by atoms with Crippen molar-refractivity contribution in [1.82, 2.24) is 9.78 Å². The lowest BCUT2D eigenvalue weighted by molar-refractivity contribution is -0.163. The highest BCUT2D eigenvalue weighted by molar-refractivity contribution is 6.04. The number of anilines is 1. The minimum atomic E-state index is -1.26. The van der Waals surface area contributed by atoms with Crippen LogP contribution in [0.15, 0.2) is 60.8 Å². The van der Waals surface area contributed by atoms with Crippen molar-refractivity contribution in [2.45, 2.75) is 31.5 Å². The number of carboxylic acid groups (broad SMARTS) is 1. The first-order chi connectivity index (χ1) is 14.9. The van der Waals surface area contributed by atoms with Crippen molar-refractivity contribution >= 4 is 17.7 Å². The molecule has 1 aliphatic rings. The van der Waals surface area contributed by atoms with Crippen molar-refractivity contribution in [2.24, 2.45) is 7.05 Å². The third-order valence-electron chi connectivity index (χ3n) is 5.21. The van der Waals surface area contributed by atoms with Crippen LogP contribution in [0.5, 0.6) is 11.5 Å². The zero-order chi connectivity index (χ0) is 21.8. The van der Waals surface area contributed by atoms with E-state index < -0.39 is 17.5 Å². The van der Waals surface area contributed by atoms with Crippen LogP contribution in [0.4, 0.5) is 5.82 Å². The molecule has 0 atom stereocenters. The van der Waals surface area contributed by atoms with E-state index in [-0.39, 0.29) is 11.3 Å². The van der Waals surface area contributed by atoms with Gasteiger partial charge in [-0.3, -0.25) is 9.48 Å². The maximum absolute atomic E-state index is 12.8. The Labute approximate surface area is 179 Å². The first-order valence-electron chi connectivity index (χ1n) is 9.99. The van der Waals surface area contributed by atoms with E-state index in [4.69, 9.17) is 9.47 Å². The van der Waals surface area contributed by atoms with E-state index in [1.165, 1.54) is 6.07 Å². The zero-order valence-electron chi connectivity index (χ0n) is 17.1. The predicted molar refractivity (Wildman–Crippen MR) is 113 cm³/mol. The number of aryl methyl sites for hydroxylation is 1. The highest BCUT2D eigenvalue weighted by Crippen LogP contribution is 2.38. The Morgan fingerprint density at radius 1 is 1.13 bits per heavy atom. The highest BCUT2D eigenvalue weighted by Gasteiger charge is 2.47. The molecule has 3 aromatic rings. The molecule has 0 radical (unpaired) electrons. The lowest BCUT2D eigenvalue weighted by Crippen LogP contribution is -2.50. The third kappa shape index (κ3) is 4.69. The SMILES string of the molecule is Cn1ccc(NC(=O)c2cc(OCc3ccccc3)cc(OC3(C(=O)O)CCC3)c2)n1. The lowest BCUT2D eigenvalue weighted by atomic mass is 9.80.